The number of pyridine rings is 1. The Hall–Kier alpha value is -1.09. The summed E-state index contributed by atoms with van der Waals surface area (Å²) in [5.41, 5.74) is 0. The number of aromatic nitrogens is 1. The Bertz CT molecular complexity index is 201. The third kappa shape index (κ3) is 3.34. The monoisotopic (exact) mass is 165 g/mol. The highest BCUT2D eigenvalue weighted by molar-refractivity contribution is 5.32. The van der Waals surface area contributed by atoms with Crippen LogP contribution in [0.4, 0.5) is 5.82 Å². The van der Waals surface area contributed by atoms with E-state index in [4.69, 9.17) is 4.74 Å². The maximum Gasteiger partial charge on any atom is 0.125 e. The molecule has 12 heavy (non-hydrogen) atoms. The van der Waals surface area contributed by atoms with E-state index in [1.807, 2.05) is 19.1 Å². The van der Waals surface area contributed by atoms with Crippen LogP contribution in [-0.4, -0.2) is 24.7 Å². The van der Waals surface area contributed by atoms with Crippen LogP contribution in [0.25, 0.3) is 0 Å². The summed E-state index contributed by atoms with van der Waals surface area (Å²) < 4.78 is 5.16. The first-order valence-corrected chi connectivity index (χ1v) is 4.07. The van der Waals surface area contributed by atoms with Gasteiger partial charge in [-0.05, 0) is 19.1 Å². The standard InChI is InChI=1S/C9H13N2O/c1-2-12-8-7-11-9-5-3-4-6-10-9/h3,5-6H,2,7-8H2,1H3,(H,10,11). The summed E-state index contributed by atoms with van der Waals surface area (Å²) in [6.07, 6.45) is 1.64. The first-order valence-electron chi connectivity index (χ1n) is 4.07. The first kappa shape index (κ1) is 9.00. The summed E-state index contributed by atoms with van der Waals surface area (Å²) in [5, 5.41) is 3.12. The number of anilines is 1. The minimum Gasteiger partial charge on any atom is -0.380 e. The normalized spacial score (nSPS) is 9.75. The van der Waals surface area contributed by atoms with Crippen LogP contribution in [-0.2, 0) is 4.74 Å². The van der Waals surface area contributed by atoms with Crippen molar-refractivity contribution in [1.82, 2.24) is 4.98 Å². The van der Waals surface area contributed by atoms with Crippen molar-refractivity contribution < 1.29 is 4.74 Å². The molecule has 3 nitrogen and oxygen atoms in total. The van der Waals surface area contributed by atoms with E-state index in [1.165, 1.54) is 0 Å². The summed E-state index contributed by atoms with van der Waals surface area (Å²) in [7, 11) is 0. The Morgan fingerprint density at radius 3 is 3.25 bits per heavy atom. The van der Waals surface area contributed by atoms with Crippen molar-refractivity contribution in [3.05, 3.63) is 24.4 Å². The molecule has 0 fully saturated rings. The molecule has 1 rings (SSSR count). The summed E-state index contributed by atoms with van der Waals surface area (Å²) in [5.74, 6) is 0.869. The second-order valence-corrected chi connectivity index (χ2v) is 2.27. The van der Waals surface area contributed by atoms with Gasteiger partial charge in [-0.15, -0.1) is 0 Å². The molecule has 0 saturated heterocycles. The number of nitrogens with zero attached hydrogens (tertiary/aromatic N) is 1. The Labute approximate surface area is 72.8 Å². The molecule has 0 amide bonds. The van der Waals surface area contributed by atoms with Crippen molar-refractivity contribution in [2.75, 3.05) is 25.1 Å². The van der Waals surface area contributed by atoms with Gasteiger partial charge in [0.1, 0.15) is 5.82 Å². The zero-order chi connectivity index (χ0) is 8.65. The molecule has 65 valence electrons. The van der Waals surface area contributed by atoms with Crippen molar-refractivity contribution in [1.29, 1.82) is 0 Å². The van der Waals surface area contributed by atoms with Crippen LogP contribution in [0.15, 0.2) is 18.3 Å². The van der Waals surface area contributed by atoms with Crippen molar-refractivity contribution >= 4 is 5.82 Å². The Kier molecular flexibility index (Phi) is 4.16. The highest BCUT2D eigenvalue weighted by Crippen LogP contribution is 1.97. The fourth-order valence-corrected chi connectivity index (χ4v) is 0.820. The molecule has 0 aromatic carbocycles. The van der Waals surface area contributed by atoms with Crippen LogP contribution in [0, 0.1) is 6.07 Å². The highest BCUT2D eigenvalue weighted by Gasteiger charge is 1.89. The molecule has 0 aliphatic carbocycles. The second kappa shape index (κ2) is 5.55. The minimum absolute atomic E-state index is 0.719. The first-order chi connectivity index (χ1) is 5.93. The molecule has 1 aromatic rings. The average molecular weight is 165 g/mol. The predicted octanol–water partition coefficient (Wildman–Crippen LogP) is 1.33. The molecule has 0 aliphatic rings. The SMILES string of the molecule is CCOCCNc1cc[c]cn1. The molecule has 1 N–H and O–H groups in total. The highest BCUT2D eigenvalue weighted by atomic mass is 16.5. The van der Waals surface area contributed by atoms with Gasteiger partial charge in [-0.2, -0.15) is 0 Å². The molecule has 1 heterocycles. The minimum atomic E-state index is 0.719. The Balaban J connectivity index is 2.16. The van der Waals surface area contributed by atoms with Crippen LogP contribution in [0.5, 0.6) is 0 Å². The molecule has 0 spiro atoms. The molecule has 0 bridgehead atoms. The van der Waals surface area contributed by atoms with E-state index >= 15 is 0 Å². The lowest BCUT2D eigenvalue weighted by Gasteiger charge is -2.03. The van der Waals surface area contributed by atoms with Gasteiger partial charge in [0, 0.05) is 25.4 Å². The smallest absolute Gasteiger partial charge is 0.125 e. The molecule has 0 saturated carbocycles. The maximum atomic E-state index is 5.16. The van der Waals surface area contributed by atoms with Crippen LogP contribution in [0.1, 0.15) is 6.92 Å². The summed E-state index contributed by atoms with van der Waals surface area (Å²) >= 11 is 0. The van der Waals surface area contributed by atoms with Gasteiger partial charge in [-0.1, -0.05) is 0 Å². The molecule has 1 aromatic heterocycles. The summed E-state index contributed by atoms with van der Waals surface area (Å²) in [4.78, 5) is 4.05. The quantitative estimate of drug-likeness (QED) is 0.668. The van der Waals surface area contributed by atoms with Gasteiger partial charge in [0.05, 0.1) is 6.61 Å². The Morgan fingerprint density at radius 1 is 1.67 bits per heavy atom. The van der Waals surface area contributed by atoms with Crippen molar-refractivity contribution in [2.45, 2.75) is 6.92 Å². The van der Waals surface area contributed by atoms with E-state index in [0.29, 0.717) is 0 Å². The zero-order valence-electron chi connectivity index (χ0n) is 7.21. The Morgan fingerprint density at radius 2 is 2.58 bits per heavy atom. The summed E-state index contributed by atoms with van der Waals surface area (Å²) in [6.45, 7) is 4.26. The predicted molar refractivity (Wildman–Crippen MR) is 48.1 cm³/mol. The van der Waals surface area contributed by atoms with E-state index in [9.17, 15) is 0 Å². The summed E-state index contributed by atoms with van der Waals surface area (Å²) in [6, 6.07) is 6.56. The fraction of sp³-hybridized carbons (Fsp3) is 0.444. The molecule has 1 radical (unpaired) electrons. The lowest BCUT2D eigenvalue weighted by Crippen LogP contribution is -2.09. The number of ether oxygens (including phenoxy) is 1. The molecular formula is C9H13N2O. The molecule has 0 unspecified atom stereocenters. The molecule has 0 aliphatic heterocycles. The van der Waals surface area contributed by atoms with Gasteiger partial charge in [0.2, 0.25) is 0 Å². The largest absolute Gasteiger partial charge is 0.380 e. The number of rotatable bonds is 5. The van der Waals surface area contributed by atoms with Gasteiger partial charge in [0.15, 0.2) is 0 Å². The van der Waals surface area contributed by atoms with Crippen LogP contribution < -0.4 is 5.32 Å². The number of nitrogens with one attached hydrogen (secondary N) is 1. The van der Waals surface area contributed by atoms with Crippen LogP contribution >= 0.6 is 0 Å². The van der Waals surface area contributed by atoms with Crippen molar-refractivity contribution in [3.63, 3.8) is 0 Å². The van der Waals surface area contributed by atoms with Crippen LogP contribution in [0.3, 0.4) is 0 Å². The van der Waals surface area contributed by atoms with Gasteiger partial charge in [0.25, 0.3) is 0 Å². The van der Waals surface area contributed by atoms with E-state index < -0.39 is 0 Å². The van der Waals surface area contributed by atoms with Crippen molar-refractivity contribution in [2.24, 2.45) is 0 Å². The van der Waals surface area contributed by atoms with E-state index in [2.05, 4.69) is 16.4 Å². The van der Waals surface area contributed by atoms with E-state index in [-0.39, 0.29) is 0 Å². The fourth-order valence-electron chi connectivity index (χ4n) is 0.820. The van der Waals surface area contributed by atoms with E-state index in [0.717, 1.165) is 25.6 Å². The van der Waals surface area contributed by atoms with Crippen LogP contribution in [0.2, 0.25) is 0 Å². The van der Waals surface area contributed by atoms with Gasteiger partial charge in [-0.3, -0.25) is 0 Å². The maximum absolute atomic E-state index is 5.16. The van der Waals surface area contributed by atoms with Gasteiger partial charge in [-0.25, -0.2) is 4.98 Å². The topological polar surface area (TPSA) is 34.1 Å². The lowest BCUT2D eigenvalue weighted by atomic mass is 10.4. The third-order valence-corrected chi connectivity index (χ3v) is 1.37. The third-order valence-electron chi connectivity index (χ3n) is 1.37. The number of hydrogen-bond donors (Lipinski definition) is 1. The van der Waals surface area contributed by atoms with Gasteiger partial charge >= 0.3 is 0 Å². The average Bonchev–Trinajstić information content (AvgIpc) is 2.14. The lowest BCUT2D eigenvalue weighted by molar-refractivity contribution is 0.158. The second-order valence-electron chi connectivity index (χ2n) is 2.27. The van der Waals surface area contributed by atoms with E-state index in [1.54, 1.807) is 6.20 Å². The molecular weight excluding hydrogens is 152 g/mol. The number of hydrogen-bond acceptors (Lipinski definition) is 3. The van der Waals surface area contributed by atoms with Crippen molar-refractivity contribution in [3.8, 4) is 0 Å². The molecule has 0 atom stereocenters. The molecule has 3 heteroatoms. The zero-order valence-corrected chi connectivity index (χ0v) is 7.21. The van der Waals surface area contributed by atoms with Gasteiger partial charge < -0.3 is 10.1 Å².